The van der Waals surface area contributed by atoms with Gasteiger partial charge in [0, 0.05) is 28.4 Å². The van der Waals surface area contributed by atoms with Crippen molar-refractivity contribution in [3.05, 3.63) is 29.3 Å². The van der Waals surface area contributed by atoms with E-state index in [0.717, 1.165) is 56.1 Å². The lowest BCUT2D eigenvalue weighted by Crippen LogP contribution is -2.75. The zero-order valence-corrected chi connectivity index (χ0v) is 28.9. The molecule has 1 heterocycles. The Balaban J connectivity index is 1.33. The molecule has 5 nitrogen and oxygen atoms in total. The number of carbonyl (C=O) groups excluding carboxylic acids is 2. The largest absolute Gasteiger partial charge is 0.497 e. The summed E-state index contributed by atoms with van der Waals surface area (Å²) in [5.74, 6) is 1.51. The molecule has 0 aromatic heterocycles. The van der Waals surface area contributed by atoms with E-state index in [2.05, 4.69) is 48.5 Å². The van der Waals surface area contributed by atoms with Crippen molar-refractivity contribution in [2.45, 2.75) is 118 Å². The molecule has 246 valence electrons. The molecule has 0 N–H and O–H groups in total. The highest BCUT2D eigenvalue weighted by molar-refractivity contribution is 6.04. The Morgan fingerprint density at radius 2 is 1.60 bits per heavy atom. The van der Waals surface area contributed by atoms with E-state index in [9.17, 15) is 9.59 Å². The summed E-state index contributed by atoms with van der Waals surface area (Å²) in [7, 11) is 3.26. The van der Waals surface area contributed by atoms with E-state index in [4.69, 9.17) is 14.2 Å². The second kappa shape index (κ2) is 9.37. The number of hydrogen-bond acceptors (Lipinski definition) is 5. The minimum absolute atomic E-state index is 0.0475. The molecule has 0 radical (unpaired) electrons. The van der Waals surface area contributed by atoms with Crippen LogP contribution in [0.4, 0.5) is 4.39 Å². The van der Waals surface area contributed by atoms with E-state index in [1.807, 2.05) is 24.3 Å². The van der Waals surface area contributed by atoms with Crippen molar-refractivity contribution >= 4 is 17.8 Å². The lowest BCUT2D eigenvalue weighted by molar-refractivity contribution is -0.299. The standard InChI is InChI=1S/C39H53FO5/c1-33(2)14-16-38-17-15-37(7)36(6)13-12-27-34(3,4)31(41)24(18-23-10-11-25(43-8)19-26(23)44-9)21-35(27,5)28(36)20-30(40)39(37,29(38)22-33)45-32(38)42/h10-11,18-19,27-30H,12-17,20-22H2,1-9H3/b24-18+/t27-,28+,29+,30+,35-,36+,37-,38-,39+/m0/s1. The van der Waals surface area contributed by atoms with Crippen LogP contribution >= 0.6 is 0 Å². The number of esters is 1. The average Bonchev–Trinajstić information content (AvgIpc) is 3.17. The van der Waals surface area contributed by atoms with Gasteiger partial charge in [-0.05, 0) is 110 Å². The minimum atomic E-state index is -1.23. The Hall–Kier alpha value is -2.37. The first kappa shape index (κ1) is 31.2. The van der Waals surface area contributed by atoms with Gasteiger partial charge in [-0.25, -0.2) is 4.39 Å². The smallest absolute Gasteiger partial charge is 0.313 e. The summed E-state index contributed by atoms with van der Waals surface area (Å²) < 4.78 is 35.3. The third kappa shape index (κ3) is 3.66. The summed E-state index contributed by atoms with van der Waals surface area (Å²) in [6, 6.07) is 5.69. The number of allylic oxidation sites excluding steroid dienone is 1. The molecule has 2 bridgehead atoms. The topological polar surface area (TPSA) is 61.8 Å². The summed E-state index contributed by atoms with van der Waals surface area (Å²) >= 11 is 0. The molecule has 0 unspecified atom stereocenters. The molecule has 6 aliphatic rings. The molecule has 9 atom stereocenters. The second-order valence-electron chi connectivity index (χ2n) is 17.9. The maximum atomic E-state index is 17.6. The van der Waals surface area contributed by atoms with Crippen LogP contribution in [0.2, 0.25) is 0 Å². The zero-order valence-electron chi connectivity index (χ0n) is 28.9. The van der Waals surface area contributed by atoms with Gasteiger partial charge in [0.1, 0.15) is 17.7 Å². The number of benzene rings is 1. The molecular formula is C39H53FO5. The highest BCUT2D eigenvalue weighted by Crippen LogP contribution is 2.81. The molecule has 45 heavy (non-hydrogen) atoms. The number of rotatable bonds is 3. The second-order valence-corrected chi connectivity index (χ2v) is 17.9. The molecule has 5 saturated carbocycles. The monoisotopic (exact) mass is 620 g/mol. The SMILES string of the molecule is COc1ccc(/C=C2\C[C@]3(C)[C@H]4C[C@@H](F)[C@]56OC(=O)[C@@]7(CCC(C)(C)C[C@H]75)CC[C@@]6(C)[C@]4(C)CC[C@H]3C(C)(C)C2=O)c(OC)c1. The fourth-order valence-corrected chi connectivity index (χ4v) is 12.9. The van der Waals surface area contributed by atoms with Crippen molar-refractivity contribution in [2.75, 3.05) is 14.2 Å². The third-order valence-corrected chi connectivity index (χ3v) is 15.4. The van der Waals surface area contributed by atoms with Crippen LogP contribution in [0.1, 0.15) is 112 Å². The van der Waals surface area contributed by atoms with Crippen LogP contribution in [0.5, 0.6) is 11.5 Å². The summed E-state index contributed by atoms with van der Waals surface area (Å²) in [6.07, 6.45) is 7.85. The van der Waals surface area contributed by atoms with Gasteiger partial charge in [0.25, 0.3) is 0 Å². The molecule has 1 aromatic carbocycles. The van der Waals surface area contributed by atoms with Gasteiger partial charge in [0.05, 0.1) is 19.6 Å². The zero-order chi connectivity index (χ0) is 32.6. The molecule has 1 aromatic rings. The highest BCUT2D eigenvalue weighted by atomic mass is 19.1. The number of carbonyl (C=O) groups is 2. The number of ether oxygens (including phenoxy) is 3. The van der Waals surface area contributed by atoms with Crippen LogP contribution in [-0.4, -0.2) is 37.7 Å². The van der Waals surface area contributed by atoms with Gasteiger partial charge < -0.3 is 14.2 Å². The van der Waals surface area contributed by atoms with Crippen molar-refractivity contribution in [3.8, 4) is 11.5 Å². The van der Waals surface area contributed by atoms with Crippen LogP contribution in [0.15, 0.2) is 23.8 Å². The maximum Gasteiger partial charge on any atom is 0.313 e. The first-order valence-electron chi connectivity index (χ1n) is 17.3. The van der Waals surface area contributed by atoms with Gasteiger partial charge in [-0.2, -0.15) is 0 Å². The molecule has 5 aliphatic carbocycles. The first-order chi connectivity index (χ1) is 21.0. The number of halogens is 1. The Kier molecular flexibility index (Phi) is 6.51. The predicted octanol–water partition coefficient (Wildman–Crippen LogP) is 8.78. The molecular weight excluding hydrogens is 567 g/mol. The number of Topliss-reactive ketones (excluding diaryl/α,β-unsaturated/α-hetero) is 1. The Bertz CT molecular complexity index is 1490. The minimum Gasteiger partial charge on any atom is -0.497 e. The quantitative estimate of drug-likeness (QED) is 0.250. The maximum absolute atomic E-state index is 17.6. The normalized spacial score (nSPS) is 46.8. The van der Waals surface area contributed by atoms with Crippen LogP contribution < -0.4 is 9.47 Å². The highest BCUT2D eigenvalue weighted by Gasteiger charge is 2.84. The summed E-state index contributed by atoms with van der Waals surface area (Å²) in [5.41, 5.74) is -1.53. The molecule has 7 rings (SSSR count). The van der Waals surface area contributed by atoms with E-state index in [1.165, 1.54) is 0 Å². The fourth-order valence-electron chi connectivity index (χ4n) is 12.9. The Labute approximate surface area is 269 Å². The first-order valence-corrected chi connectivity index (χ1v) is 17.3. The van der Waals surface area contributed by atoms with E-state index < -0.39 is 28.0 Å². The van der Waals surface area contributed by atoms with E-state index in [1.54, 1.807) is 14.2 Å². The summed E-state index contributed by atoms with van der Waals surface area (Å²) in [4.78, 5) is 28.2. The van der Waals surface area contributed by atoms with Crippen LogP contribution in [0.25, 0.3) is 6.08 Å². The van der Waals surface area contributed by atoms with Crippen LogP contribution in [0.3, 0.4) is 0 Å². The van der Waals surface area contributed by atoms with Crippen molar-refractivity contribution in [1.29, 1.82) is 0 Å². The summed E-state index contributed by atoms with van der Waals surface area (Å²) in [6.45, 7) is 15.8. The van der Waals surface area contributed by atoms with E-state index >= 15 is 4.39 Å². The number of hydrogen-bond donors (Lipinski definition) is 0. The number of alkyl halides is 1. The van der Waals surface area contributed by atoms with E-state index in [0.29, 0.717) is 24.3 Å². The van der Waals surface area contributed by atoms with Gasteiger partial charge in [-0.1, -0.05) is 48.5 Å². The molecule has 0 amide bonds. The van der Waals surface area contributed by atoms with Crippen LogP contribution in [-0.2, 0) is 14.3 Å². The predicted molar refractivity (Wildman–Crippen MR) is 173 cm³/mol. The van der Waals surface area contributed by atoms with E-state index in [-0.39, 0.29) is 45.8 Å². The fraction of sp³-hybridized carbons (Fsp3) is 0.744. The lowest BCUT2D eigenvalue weighted by atomic mass is 9.30. The van der Waals surface area contributed by atoms with Crippen molar-refractivity contribution in [2.24, 2.45) is 50.2 Å². The third-order valence-electron chi connectivity index (χ3n) is 15.4. The number of fused-ring (bicyclic) bond motifs is 4. The van der Waals surface area contributed by atoms with Crippen molar-refractivity contribution < 1.29 is 28.2 Å². The van der Waals surface area contributed by atoms with Gasteiger partial charge in [0.2, 0.25) is 0 Å². The van der Waals surface area contributed by atoms with Gasteiger partial charge in [-0.15, -0.1) is 0 Å². The molecule has 6 fully saturated rings. The Morgan fingerprint density at radius 3 is 2.29 bits per heavy atom. The summed E-state index contributed by atoms with van der Waals surface area (Å²) in [5, 5.41) is 0. The molecule has 1 saturated heterocycles. The Morgan fingerprint density at radius 1 is 0.889 bits per heavy atom. The van der Waals surface area contributed by atoms with Crippen molar-refractivity contribution in [3.63, 3.8) is 0 Å². The molecule has 1 spiro atoms. The van der Waals surface area contributed by atoms with Gasteiger partial charge in [0.15, 0.2) is 11.4 Å². The molecule has 1 aliphatic heterocycles. The van der Waals surface area contributed by atoms with Crippen molar-refractivity contribution in [1.82, 2.24) is 0 Å². The number of ketones is 1. The lowest BCUT2D eigenvalue weighted by Gasteiger charge is -2.74. The van der Waals surface area contributed by atoms with Gasteiger partial charge >= 0.3 is 5.97 Å². The average molecular weight is 621 g/mol. The molecule has 6 heteroatoms. The van der Waals surface area contributed by atoms with Gasteiger partial charge in [-0.3, -0.25) is 9.59 Å². The number of methoxy groups -OCH3 is 2. The van der Waals surface area contributed by atoms with Crippen LogP contribution in [0, 0.1) is 50.2 Å².